The molecule has 0 spiro atoms. The smallest absolute Gasteiger partial charge is 0.297 e. The maximum absolute atomic E-state index is 13.5. The van der Waals surface area contributed by atoms with Crippen LogP contribution in [0.5, 0.6) is 0 Å². The Morgan fingerprint density at radius 1 is 0.404 bits per heavy atom. The SMILES string of the molecule is Cc1ccc(S(=O)(=O)OC[C@@H](O)[C@@H](OS(=O)(=O)c2ccc(C)cc2)[C@H](OS(=O)(=O)c2ccc(C)cc2)[C@H](O)COS(=O)(=O)c2ccc(C)cc2)cc1. The van der Waals surface area contributed by atoms with Crippen LogP contribution in [0.1, 0.15) is 22.3 Å². The molecule has 0 saturated heterocycles. The number of aryl methyl sites for hydroxylation is 4. The van der Waals surface area contributed by atoms with Gasteiger partial charge in [0, 0.05) is 0 Å². The first-order valence-electron chi connectivity index (χ1n) is 15.5. The van der Waals surface area contributed by atoms with Crippen LogP contribution < -0.4 is 0 Å². The minimum Gasteiger partial charge on any atom is -0.388 e. The Morgan fingerprint density at radius 3 is 0.846 bits per heavy atom. The van der Waals surface area contributed by atoms with Crippen LogP contribution in [-0.2, 0) is 57.2 Å². The van der Waals surface area contributed by atoms with Gasteiger partial charge in [-0.05, 0) is 76.2 Å². The molecule has 18 heteroatoms. The number of aliphatic hydroxyl groups is 2. The zero-order valence-electron chi connectivity index (χ0n) is 28.4. The van der Waals surface area contributed by atoms with Crippen molar-refractivity contribution in [3.8, 4) is 0 Å². The number of hydrogen-bond donors (Lipinski definition) is 2. The van der Waals surface area contributed by atoms with Crippen molar-refractivity contribution in [2.24, 2.45) is 0 Å². The molecular formula is C34H38O14S4. The molecule has 0 heterocycles. The zero-order valence-corrected chi connectivity index (χ0v) is 31.7. The fourth-order valence-electron chi connectivity index (χ4n) is 4.54. The third-order valence-corrected chi connectivity index (χ3v) is 12.8. The van der Waals surface area contributed by atoms with Crippen LogP contribution in [0.3, 0.4) is 0 Å². The van der Waals surface area contributed by atoms with Crippen LogP contribution in [0.4, 0.5) is 0 Å². The van der Waals surface area contributed by atoms with E-state index in [1.54, 1.807) is 27.7 Å². The van der Waals surface area contributed by atoms with Crippen LogP contribution >= 0.6 is 0 Å². The number of rotatable bonds is 17. The molecule has 0 saturated carbocycles. The van der Waals surface area contributed by atoms with E-state index < -0.39 is 87.9 Å². The Balaban J connectivity index is 1.76. The molecule has 0 fully saturated rings. The quantitative estimate of drug-likeness (QED) is 0.147. The normalized spacial score (nSPS) is 15.1. The van der Waals surface area contributed by atoms with Gasteiger partial charge in [-0.15, -0.1) is 0 Å². The molecule has 0 amide bonds. The van der Waals surface area contributed by atoms with Gasteiger partial charge >= 0.3 is 0 Å². The Morgan fingerprint density at radius 2 is 0.615 bits per heavy atom. The first-order chi connectivity index (χ1) is 24.2. The summed E-state index contributed by atoms with van der Waals surface area (Å²) in [6, 6.07) is 21.1. The van der Waals surface area contributed by atoms with E-state index in [0.717, 1.165) is 35.4 Å². The molecule has 4 aromatic rings. The Kier molecular flexibility index (Phi) is 13.2. The number of hydrogen-bond acceptors (Lipinski definition) is 14. The summed E-state index contributed by atoms with van der Waals surface area (Å²) in [6.07, 6.45) is -9.63. The van der Waals surface area contributed by atoms with Crippen LogP contribution in [-0.4, -0.2) is 81.5 Å². The predicted octanol–water partition coefficient (Wildman–Crippen LogP) is 3.30. The predicted molar refractivity (Wildman–Crippen MR) is 187 cm³/mol. The molecule has 0 bridgehead atoms. The topological polar surface area (TPSA) is 214 Å². The summed E-state index contributed by atoms with van der Waals surface area (Å²) in [7, 11) is -19.1. The van der Waals surface area contributed by atoms with E-state index in [1.807, 2.05) is 0 Å². The first-order valence-corrected chi connectivity index (χ1v) is 21.1. The molecule has 2 N–H and O–H groups in total. The lowest BCUT2D eigenvalue weighted by Gasteiger charge is -2.32. The number of benzene rings is 4. The lowest BCUT2D eigenvalue weighted by molar-refractivity contribution is -0.0934. The molecule has 0 radical (unpaired) electrons. The molecular weight excluding hydrogens is 761 g/mol. The standard InChI is InChI=1S/C34H38O14S4/c1-23-5-13-27(14-6-23)49(37,38)45-21-31(35)33(47-51(41,42)29-17-9-25(3)10-18-29)34(48-52(43,44)30-19-11-26(4)12-20-30)32(36)22-46-50(39,40)28-15-7-24(2)8-16-28/h5-20,31-36H,21-22H2,1-4H3/t31-,32-,33-,34-/m1/s1. The minimum absolute atomic E-state index is 0.320. The Bertz CT molecular complexity index is 2090. The summed E-state index contributed by atoms with van der Waals surface area (Å²) in [5.41, 5.74) is 2.78. The van der Waals surface area contributed by atoms with Gasteiger partial charge in [0.2, 0.25) is 0 Å². The van der Waals surface area contributed by atoms with E-state index in [-0.39, 0.29) is 9.79 Å². The molecule has 4 rings (SSSR count). The molecule has 282 valence electrons. The average molecular weight is 799 g/mol. The van der Waals surface area contributed by atoms with Crippen molar-refractivity contribution < 1.29 is 60.6 Å². The van der Waals surface area contributed by atoms with E-state index in [1.165, 1.54) is 72.8 Å². The van der Waals surface area contributed by atoms with Crippen LogP contribution in [0.15, 0.2) is 117 Å². The maximum Gasteiger partial charge on any atom is 0.297 e. The summed E-state index contributed by atoms with van der Waals surface area (Å²) in [6.45, 7) is 4.31. The highest BCUT2D eigenvalue weighted by atomic mass is 32.2. The Hall–Kier alpha value is -3.56. The van der Waals surface area contributed by atoms with Crippen LogP contribution in [0.2, 0.25) is 0 Å². The Labute approximate surface area is 304 Å². The molecule has 0 unspecified atom stereocenters. The van der Waals surface area contributed by atoms with Crippen molar-refractivity contribution in [1.82, 2.24) is 0 Å². The van der Waals surface area contributed by atoms with E-state index >= 15 is 0 Å². The van der Waals surface area contributed by atoms with E-state index in [2.05, 4.69) is 0 Å². The molecule has 0 aliphatic rings. The highest BCUT2D eigenvalue weighted by molar-refractivity contribution is 7.87. The summed E-state index contributed by atoms with van der Waals surface area (Å²) >= 11 is 0. The second-order valence-corrected chi connectivity index (χ2v) is 18.3. The number of aliphatic hydroxyl groups excluding tert-OH is 2. The third-order valence-electron chi connectivity index (χ3n) is 7.58. The third kappa shape index (κ3) is 10.8. The lowest BCUT2D eigenvalue weighted by atomic mass is 10.0. The van der Waals surface area contributed by atoms with Gasteiger partial charge in [0.05, 0.1) is 32.8 Å². The molecule has 14 nitrogen and oxygen atoms in total. The summed E-state index contributed by atoms with van der Waals surface area (Å²) in [5, 5.41) is 22.7. The second-order valence-electron chi connectivity index (χ2n) is 11.9. The van der Waals surface area contributed by atoms with Gasteiger partial charge in [0.15, 0.2) is 0 Å². The molecule has 0 aromatic heterocycles. The highest BCUT2D eigenvalue weighted by Crippen LogP contribution is 2.27. The van der Waals surface area contributed by atoms with Crippen LogP contribution in [0.25, 0.3) is 0 Å². The molecule has 4 atom stereocenters. The molecule has 4 aromatic carbocycles. The van der Waals surface area contributed by atoms with E-state index in [9.17, 15) is 43.9 Å². The van der Waals surface area contributed by atoms with Crippen molar-refractivity contribution in [3.05, 3.63) is 119 Å². The van der Waals surface area contributed by atoms with Crippen molar-refractivity contribution in [3.63, 3.8) is 0 Å². The molecule has 0 aliphatic heterocycles. The minimum atomic E-state index is -4.94. The van der Waals surface area contributed by atoms with Gasteiger partial charge in [0.25, 0.3) is 40.5 Å². The van der Waals surface area contributed by atoms with Crippen molar-refractivity contribution in [2.45, 2.75) is 71.7 Å². The molecule has 52 heavy (non-hydrogen) atoms. The van der Waals surface area contributed by atoms with E-state index in [0.29, 0.717) is 11.1 Å². The van der Waals surface area contributed by atoms with Crippen LogP contribution in [0, 0.1) is 27.7 Å². The first kappa shape index (κ1) is 41.2. The van der Waals surface area contributed by atoms with Gasteiger partial charge in [-0.25, -0.2) is 0 Å². The van der Waals surface area contributed by atoms with Crippen molar-refractivity contribution >= 4 is 40.5 Å². The van der Waals surface area contributed by atoms with Crippen molar-refractivity contribution in [1.29, 1.82) is 0 Å². The fraction of sp³-hybridized carbons (Fsp3) is 0.294. The van der Waals surface area contributed by atoms with E-state index in [4.69, 9.17) is 16.7 Å². The summed E-state index contributed by atoms with van der Waals surface area (Å²) in [5.74, 6) is 0. The van der Waals surface area contributed by atoms with Gasteiger partial charge in [0.1, 0.15) is 24.4 Å². The maximum atomic E-state index is 13.5. The molecule has 0 aliphatic carbocycles. The van der Waals surface area contributed by atoms with Gasteiger partial charge < -0.3 is 10.2 Å². The second kappa shape index (κ2) is 16.6. The van der Waals surface area contributed by atoms with Gasteiger partial charge in [-0.1, -0.05) is 70.8 Å². The van der Waals surface area contributed by atoms with Gasteiger partial charge in [-0.3, -0.25) is 16.7 Å². The lowest BCUT2D eigenvalue weighted by Crippen LogP contribution is -2.52. The average Bonchev–Trinajstić information content (AvgIpc) is 3.08. The zero-order chi connectivity index (χ0) is 38.5. The fourth-order valence-corrected chi connectivity index (χ4v) is 8.61. The van der Waals surface area contributed by atoms with Gasteiger partial charge in [-0.2, -0.15) is 33.7 Å². The largest absolute Gasteiger partial charge is 0.388 e. The highest BCUT2D eigenvalue weighted by Gasteiger charge is 2.43. The summed E-state index contributed by atoms with van der Waals surface area (Å²) < 4.78 is 127. The van der Waals surface area contributed by atoms with Crippen molar-refractivity contribution in [2.75, 3.05) is 13.2 Å². The summed E-state index contributed by atoms with van der Waals surface area (Å²) in [4.78, 5) is -1.56. The monoisotopic (exact) mass is 798 g/mol.